The van der Waals surface area contributed by atoms with E-state index in [1.54, 1.807) is 12.1 Å². The predicted octanol–water partition coefficient (Wildman–Crippen LogP) is 2.79. The van der Waals surface area contributed by atoms with E-state index in [-0.39, 0.29) is 5.69 Å². The zero-order valence-electron chi connectivity index (χ0n) is 9.67. The molecule has 18 heavy (non-hydrogen) atoms. The Balaban J connectivity index is 2.09. The second-order valence-electron chi connectivity index (χ2n) is 3.86. The number of rotatable bonds is 4. The number of nitrogen functional groups attached to an aromatic ring is 1. The van der Waals surface area contributed by atoms with Crippen LogP contribution in [-0.4, -0.2) is 4.92 Å². The van der Waals surface area contributed by atoms with Crippen LogP contribution in [0, 0.1) is 10.1 Å². The Morgan fingerprint density at radius 2 is 1.94 bits per heavy atom. The van der Waals surface area contributed by atoms with Gasteiger partial charge in [-0.2, -0.15) is 0 Å². The lowest BCUT2D eigenvalue weighted by molar-refractivity contribution is -0.384. The van der Waals surface area contributed by atoms with E-state index in [1.165, 1.54) is 12.1 Å². The van der Waals surface area contributed by atoms with Gasteiger partial charge in [-0.25, -0.2) is 0 Å². The van der Waals surface area contributed by atoms with E-state index in [9.17, 15) is 10.1 Å². The van der Waals surface area contributed by atoms with Crippen molar-refractivity contribution >= 4 is 17.1 Å². The number of non-ortho nitro benzene ring substituents is 1. The second-order valence-corrected chi connectivity index (χ2v) is 3.86. The number of benzene rings is 2. The second kappa shape index (κ2) is 5.18. The highest BCUT2D eigenvalue weighted by molar-refractivity contribution is 5.53. The van der Waals surface area contributed by atoms with E-state index in [2.05, 4.69) is 5.32 Å². The molecule has 3 N–H and O–H groups in total. The van der Waals surface area contributed by atoms with Crippen LogP contribution in [0.1, 0.15) is 5.56 Å². The molecular weight excluding hydrogens is 230 g/mol. The van der Waals surface area contributed by atoms with E-state index < -0.39 is 4.92 Å². The van der Waals surface area contributed by atoms with Crippen molar-refractivity contribution in [3.63, 3.8) is 0 Å². The highest BCUT2D eigenvalue weighted by atomic mass is 16.6. The maximum absolute atomic E-state index is 10.6. The van der Waals surface area contributed by atoms with Crippen LogP contribution in [0.2, 0.25) is 0 Å². The molecule has 0 atom stereocenters. The van der Waals surface area contributed by atoms with Crippen molar-refractivity contribution in [1.29, 1.82) is 0 Å². The largest absolute Gasteiger partial charge is 0.398 e. The van der Waals surface area contributed by atoms with Gasteiger partial charge < -0.3 is 11.1 Å². The van der Waals surface area contributed by atoms with Gasteiger partial charge in [0.05, 0.1) is 4.92 Å². The van der Waals surface area contributed by atoms with Crippen molar-refractivity contribution in [3.05, 3.63) is 64.2 Å². The molecule has 0 spiro atoms. The Hall–Kier alpha value is -2.56. The van der Waals surface area contributed by atoms with Crippen LogP contribution in [-0.2, 0) is 6.54 Å². The first-order chi connectivity index (χ1) is 8.66. The Bertz CT molecular complexity index is 570. The Morgan fingerprint density at radius 3 is 2.67 bits per heavy atom. The molecular formula is C13H13N3O2. The molecule has 0 aliphatic carbocycles. The number of hydrogen-bond donors (Lipinski definition) is 2. The highest BCUT2D eigenvalue weighted by Gasteiger charge is 2.05. The summed E-state index contributed by atoms with van der Waals surface area (Å²) in [6, 6.07) is 13.9. The molecule has 2 rings (SSSR count). The molecule has 5 heteroatoms. The van der Waals surface area contributed by atoms with Crippen molar-refractivity contribution < 1.29 is 4.92 Å². The van der Waals surface area contributed by atoms with Crippen molar-refractivity contribution in [1.82, 2.24) is 0 Å². The molecule has 92 valence electrons. The van der Waals surface area contributed by atoms with Crippen molar-refractivity contribution in [2.75, 3.05) is 11.1 Å². The van der Waals surface area contributed by atoms with Crippen LogP contribution < -0.4 is 11.1 Å². The van der Waals surface area contributed by atoms with Gasteiger partial charge in [0.15, 0.2) is 0 Å². The molecule has 0 fully saturated rings. The summed E-state index contributed by atoms with van der Waals surface area (Å²) in [6.45, 7) is 0.536. The minimum atomic E-state index is -0.415. The third kappa shape index (κ3) is 2.76. The Kier molecular flexibility index (Phi) is 3.43. The smallest absolute Gasteiger partial charge is 0.271 e. The standard InChI is InChI=1S/C13H13N3O2/c14-13-7-2-1-4-10(13)9-15-11-5-3-6-12(8-11)16(17)18/h1-8,15H,9,14H2. The number of nitrogens with one attached hydrogen (secondary N) is 1. The van der Waals surface area contributed by atoms with Gasteiger partial charge in [-0.3, -0.25) is 10.1 Å². The van der Waals surface area contributed by atoms with Crippen molar-refractivity contribution in [2.24, 2.45) is 0 Å². The van der Waals surface area contributed by atoms with E-state index >= 15 is 0 Å². The van der Waals surface area contributed by atoms with E-state index in [4.69, 9.17) is 5.73 Å². The number of anilines is 2. The maximum Gasteiger partial charge on any atom is 0.271 e. The number of nitrogens with zero attached hydrogens (tertiary/aromatic N) is 1. The van der Waals surface area contributed by atoms with Crippen LogP contribution >= 0.6 is 0 Å². The SMILES string of the molecule is Nc1ccccc1CNc1cccc([N+](=O)[O-])c1. The predicted molar refractivity (Wildman–Crippen MR) is 71.3 cm³/mol. The molecule has 0 unspecified atom stereocenters. The number of nitrogens with two attached hydrogens (primary N) is 1. The van der Waals surface area contributed by atoms with Crippen LogP contribution in [0.5, 0.6) is 0 Å². The van der Waals surface area contributed by atoms with Gasteiger partial charge in [-0.15, -0.1) is 0 Å². The van der Waals surface area contributed by atoms with Gasteiger partial charge >= 0.3 is 0 Å². The van der Waals surface area contributed by atoms with E-state index in [0.29, 0.717) is 17.9 Å². The van der Waals surface area contributed by atoms with Crippen LogP contribution in [0.3, 0.4) is 0 Å². The first-order valence-corrected chi connectivity index (χ1v) is 5.48. The fourth-order valence-electron chi connectivity index (χ4n) is 1.62. The zero-order chi connectivity index (χ0) is 13.0. The molecule has 0 heterocycles. The molecule has 0 aliphatic rings. The average molecular weight is 243 g/mol. The van der Waals surface area contributed by atoms with Crippen LogP contribution in [0.25, 0.3) is 0 Å². The minimum absolute atomic E-state index is 0.0704. The van der Waals surface area contributed by atoms with Crippen molar-refractivity contribution in [2.45, 2.75) is 6.54 Å². The van der Waals surface area contributed by atoms with E-state index in [0.717, 1.165) is 5.56 Å². The van der Waals surface area contributed by atoms with Gasteiger partial charge in [-0.05, 0) is 17.7 Å². The first-order valence-electron chi connectivity index (χ1n) is 5.48. The average Bonchev–Trinajstić information content (AvgIpc) is 2.38. The molecule has 0 radical (unpaired) electrons. The number of nitro groups is 1. The zero-order valence-corrected chi connectivity index (χ0v) is 9.67. The van der Waals surface area contributed by atoms with Gasteiger partial charge in [0.2, 0.25) is 0 Å². The highest BCUT2D eigenvalue weighted by Crippen LogP contribution is 2.19. The molecule has 0 saturated heterocycles. The third-order valence-electron chi connectivity index (χ3n) is 2.60. The quantitative estimate of drug-likeness (QED) is 0.491. The minimum Gasteiger partial charge on any atom is -0.398 e. The molecule has 0 aromatic heterocycles. The summed E-state index contributed by atoms with van der Waals surface area (Å²) in [4.78, 5) is 10.2. The van der Waals surface area contributed by atoms with Crippen molar-refractivity contribution in [3.8, 4) is 0 Å². The lowest BCUT2D eigenvalue weighted by Gasteiger charge is -2.08. The summed E-state index contributed by atoms with van der Waals surface area (Å²) in [5.74, 6) is 0. The van der Waals surface area contributed by atoms with Gasteiger partial charge in [0.25, 0.3) is 5.69 Å². The number of nitro benzene ring substituents is 1. The fourth-order valence-corrected chi connectivity index (χ4v) is 1.62. The molecule has 2 aromatic carbocycles. The summed E-state index contributed by atoms with van der Waals surface area (Å²) in [6.07, 6.45) is 0. The molecule has 0 amide bonds. The Morgan fingerprint density at radius 1 is 1.17 bits per heavy atom. The molecule has 0 saturated carbocycles. The fraction of sp³-hybridized carbons (Fsp3) is 0.0769. The van der Waals surface area contributed by atoms with Gasteiger partial charge in [0, 0.05) is 30.1 Å². The topological polar surface area (TPSA) is 81.2 Å². The molecule has 2 aromatic rings. The first kappa shape index (κ1) is 11.9. The van der Waals surface area contributed by atoms with Gasteiger partial charge in [-0.1, -0.05) is 24.3 Å². The van der Waals surface area contributed by atoms with E-state index in [1.807, 2.05) is 24.3 Å². The molecule has 5 nitrogen and oxygen atoms in total. The molecule has 0 aliphatic heterocycles. The lowest BCUT2D eigenvalue weighted by Crippen LogP contribution is -2.02. The lowest BCUT2D eigenvalue weighted by atomic mass is 10.2. The summed E-state index contributed by atoms with van der Waals surface area (Å²) in [5, 5.41) is 13.8. The maximum atomic E-state index is 10.6. The summed E-state index contributed by atoms with van der Waals surface area (Å²) >= 11 is 0. The summed E-state index contributed by atoms with van der Waals surface area (Å²) < 4.78 is 0. The van der Waals surface area contributed by atoms with Crippen LogP contribution in [0.4, 0.5) is 17.1 Å². The number of hydrogen-bond acceptors (Lipinski definition) is 4. The van der Waals surface area contributed by atoms with Crippen LogP contribution in [0.15, 0.2) is 48.5 Å². The third-order valence-corrected chi connectivity index (χ3v) is 2.60. The monoisotopic (exact) mass is 243 g/mol. The van der Waals surface area contributed by atoms with Gasteiger partial charge in [0.1, 0.15) is 0 Å². The summed E-state index contributed by atoms with van der Waals surface area (Å²) in [5.41, 5.74) is 8.25. The molecule has 0 bridgehead atoms. The number of para-hydroxylation sites is 1. The Labute approximate surface area is 104 Å². The normalized spacial score (nSPS) is 10.0. The summed E-state index contributed by atoms with van der Waals surface area (Å²) in [7, 11) is 0.